The number of nitrogens with zero attached hydrogens (tertiary/aromatic N) is 2. The summed E-state index contributed by atoms with van der Waals surface area (Å²) in [6.45, 7) is 0. The molecule has 0 amide bonds. The van der Waals surface area contributed by atoms with Crippen molar-refractivity contribution in [3.05, 3.63) is 60.3 Å². The number of aromatic nitrogens is 1. The number of anilines is 1. The van der Waals surface area contributed by atoms with Crippen molar-refractivity contribution in [2.75, 3.05) is 26.1 Å². The number of fused-ring (bicyclic) bond motifs is 1. The van der Waals surface area contributed by atoms with Crippen molar-refractivity contribution in [2.24, 2.45) is 0 Å². The van der Waals surface area contributed by atoms with E-state index in [0.717, 1.165) is 5.75 Å². The van der Waals surface area contributed by atoms with Gasteiger partial charge in [-0.15, -0.1) is 0 Å². The molecule has 0 bridgehead atoms. The van der Waals surface area contributed by atoms with Gasteiger partial charge >= 0.3 is 0 Å². The number of hydrogen-bond donors (Lipinski definition) is 0. The van der Waals surface area contributed by atoms with Crippen LogP contribution in [0.2, 0.25) is 0 Å². The fourth-order valence-electron chi connectivity index (χ4n) is 2.45. The highest BCUT2D eigenvalue weighted by Gasteiger charge is 2.00. The van der Waals surface area contributed by atoms with Crippen molar-refractivity contribution in [2.45, 2.75) is 0 Å². The number of benzene rings is 2. The maximum Gasteiger partial charge on any atom is 0.119 e. The Balaban J connectivity index is 1.86. The molecule has 0 fully saturated rings. The van der Waals surface area contributed by atoms with E-state index in [1.807, 2.05) is 26.2 Å². The maximum atomic E-state index is 5.26. The average Bonchev–Trinajstić information content (AvgIpc) is 2.95. The Morgan fingerprint density at radius 2 is 1.77 bits per heavy atom. The minimum atomic E-state index is 0.883. The standard InChI is InChI=1S/C19H20N2O/c1-20(2)17-6-4-15(5-7-17)10-12-21-13-11-16-14-18(22-3)8-9-19(16)21/h4-14H,1-3H3/b12-10-. The molecule has 0 atom stereocenters. The van der Waals surface area contributed by atoms with Gasteiger partial charge in [-0.05, 0) is 48.0 Å². The Morgan fingerprint density at radius 1 is 1.00 bits per heavy atom. The fraction of sp³-hybridized carbons (Fsp3) is 0.158. The van der Waals surface area contributed by atoms with Crippen LogP contribution in [0.3, 0.4) is 0 Å². The first-order valence-corrected chi connectivity index (χ1v) is 7.27. The highest BCUT2D eigenvalue weighted by atomic mass is 16.5. The summed E-state index contributed by atoms with van der Waals surface area (Å²) >= 11 is 0. The van der Waals surface area contributed by atoms with Crippen molar-refractivity contribution >= 4 is 28.9 Å². The SMILES string of the molecule is COc1ccc2c(ccn2/C=C\c2ccc(N(C)C)cc2)c1. The van der Waals surface area contributed by atoms with Gasteiger partial charge in [0.15, 0.2) is 0 Å². The van der Waals surface area contributed by atoms with E-state index < -0.39 is 0 Å². The molecule has 0 saturated carbocycles. The smallest absolute Gasteiger partial charge is 0.119 e. The summed E-state index contributed by atoms with van der Waals surface area (Å²) in [4.78, 5) is 2.10. The predicted molar refractivity (Wildman–Crippen MR) is 94.5 cm³/mol. The molecule has 112 valence electrons. The summed E-state index contributed by atoms with van der Waals surface area (Å²) < 4.78 is 7.38. The average molecular weight is 292 g/mol. The second-order valence-corrected chi connectivity index (χ2v) is 5.45. The molecule has 0 unspecified atom stereocenters. The van der Waals surface area contributed by atoms with Crippen LogP contribution in [0.4, 0.5) is 5.69 Å². The van der Waals surface area contributed by atoms with Crippen molar-refractivity contribution in [1.29, 1.82) is 0 Å². The van der Waals surface area contributed by atoms with E-state index in [1.54, 1.807) is 7.11 Å². The van der Waals surface area contributed by atoms with Gasteiger partial charge in [-0.25, -0.2) is 0 Å². The first-order valence-electron chi connectivity index (χ1n) is 7.27. The Kier molecular flexibility index (Phi) is 3.88. The number of hydrogen-bond acceptors (Lipinski definition) is 2. The van der Waals surface area contributed by atoms with Gasteiger partial charge in [0.05, 0.1) is 12.6 Å². The van der Waals surface area contributed by atoms with E-state index >= 15 is 0 Å². The third-order valence-corrected chi connectivity index (χ3v) is 3.76. The topological polar surface area (TPSA) is 17.4 Å². The summed E-state index contributed by atoms with van der Waals surface area (Å²) in [7, 11) is 5.78. The van der Waals surface area contributed by atoms with Crippen LogP contribution in [0.15, 0.2) is 54.7 Å². The van der Waals surface area contributed by atoms with Gasteiger partial charge in [-0.1, -0.05) is 12.1 Å². The summed E-state index contributed by atoms with van der Waals surface area (Å²) in [5.41, 5.74) is 3.55. The van der Waals surface area contributed by atoms with Gasteiger partial charge in [-0.2, -0.15) is 0 Å². The van der Waals surface area contributed by atoms with Gasteiger partial charge in [0.1, 0.15) is 5.75 Å². The van der Waals surface area contributed by atoms with Crippen LogP contribution in [0.5, 0.6) is 5.75 Å². The summed E-state index contributed by atoms with van der Waals surface area (Å²) in [5, 5.41) is 1.17. The molecule has 3 heteroatoms. The first kappa shape index (κ1) is 14.3. The fourth-order valence-corrected chi connectivity index (χ4v) is 2.45. The quantitative estimate of drug-likeness (QED) is 0.711. The largest absolute Gasteiger partial charge is 0.497 e. The molecule has 0 aliphatic carbocycles. The van der Waals surface area contributed by atoms with Crippen molar-refractivity contribution in [1.82, 2.24) is 4.57 Å². The monoisotopic (exact) mass is 292 g/mol. The number of methoxy groups -OCH3 is 1. The Hall–Kier alpha value is -2.68. The zero-order valence-corrected chi connectivity index (χ0v) is 13.2. The third-order valence-electron chi connectivity index (χ3n) is 3.76. The van der Waals surface area contributed by atoms with Crippen LogP contribution in [-0.2, 0) is 0 Å². The molecule has 0 spiro atoms. The van der Waals surface area contributed by atoms with Crippen LogP contribution in [0.25, 0.3) is 23.2 Å². The van der Waals surface area contributed by atoms with E-state index in [2.05, 4.69) is 64.3 Å². The molecular weight excluding hydrogens is 272 g/mol. The second-order valence-electron chi connectivity index (χ2n) is 5.45. The molecule has 1 heterocycles. The minimum absolute atomic E-state index is 0.883. The normalized spacial score (nSPS) is 11.2. The minimum Gasteiger partial charge on any atom is -0.497 e. The van der Waals surface area contributed by atoms with E-state index in [9.17, 15) is 0 Å². The molecule has 1 aromatic heterocycles. The van der Waals surface area contributed by atoms with Gasteiger partial charge in [0, 0.05) is 37.6 Å². The molecular formula is C19H20N2O. The van der Waals surface area contributed by atoms with Crippen molar-refractivity contribution in [3.8, 4) is 5.75 Å². The first-order chi connectivity index (χ1) is 10.7. The van der Waals surface area contributed by atoms with Crippen LogP contribution < -0.4 is 9.64 Å². The van der Waals surface area contributed by atoms with Gasteiger partial charge in [0.2, 0.25) is 0 Å². The molecule has 0 aliphatic rings. The van der Waals surface area contributed by atoms with Crippen molar-refractivity contribution < 1.29 is 4.74 Å². The lowest BCUT2D eigenvalue weighted by Crippen LogP contribution is -2.07. The Morgan fingerprint density at radius 3 is 2.45 bits per heavy atom. The highest BCUT2D eigenvalue weighted by molar-refractivity contribution is 5.84. The van der Waals surface area contributed by atoms with Crippen LogP contribution in [-0.4, -0.2) is 25.8 Å². The predicted octanol–water partition coefficient (Wildman–Crippen LogP) is 4.34. The van der Waals surface area contributed by atoms with Crippen LogP contribution >= 0.6 is 0 Å². The number of ether oxygens (including phenoxy) is 1. The molecule has 0 aliphatic heterocycles. The molecule has 3 nitrogen and oxygen atoms in total. The zero-order valence-electron chi connectivity index (χ0n) is 13.2. The summed E-state index contributed by atoms with van der Waals surface area (Å²) in [5.74, 6) is 0.883. The maximum absolute atomic E-state index is 5.26. The molecule has 0 radical (unpaired) electrons. The third kappa shape index (κ3) is 2.84. The van der Waals surface area contributed by atoms with Crippen LogP contribution in [0, 0.1) is 0 Å². The molecule has 3 aromatic rings. The molecule has 2 aromatic carbocycles. The molecule has 3 rings (SSSR count). The van der Waals surface area contributed by atoms with E-state index in [4.69, 9.17) is 4.74 Å². The van der Waals surface area contributed by atoms with Crippen LogP contribution in [0.1, 0.15) is 5.56 Å². The summed E-state index contributed by atoms with van der Waals surface area (Å²) in [6, 6.07) is 16.7. The van der Waals surface area contributed by atoms with Gasteiger partial charge < -0.3 is 14.2 Å². The Bertz CT molecular complexity index is 798. The zero-order chi connectivity index (χ0) is 15.5. The lowest BCUT2D eigenvalue weighted by Gasteiger charge is -2.11. The van der Waals surface area contributed by atoms with E-state index in [0.29, 0.717) is 0 Å². The lowest BCUT2D eigenvalue weighted by atomic mass is 10.2. The highest BCUT2D eigenvalue weighted by Crippen LogP contribution is 2.22. The van der Waals surface area contributed by atoms with Crippen molar-refractivity contribution in [3.63, 3.8) is 0 Å². The number of rotatable bonds is 4. The molecule has 22 heavy (non-hydrogen) atoms. The van der Waals surface area contributed by atoms with Gasteiger partial charge in [-0.3, -0.25) is 0 Å². The summed E-state index contributed by atoms with van der Waals surface area (Å²) in [6.07, 6.45) is 6.26. The Labute approximate surface area is 131 Å². The van der Waals surface area contributed by atoms with E-state index in [1.165, 1.54) is 22.2 Å². The molecule has 0 saturated heterocycles. The second kappa shape index (κ2) is 5.98. The lowest BCUT2D eigenvalue weighted by molar-refractivity contribution is 0.415. The van der Waals surface area contributed by atoms with Gasteiger partial charge in [0.25, 0.3) is 0 Å². The molecule has 0 N–H and O–H groups in total. The van der Waals surface area contributed by atoms with E-state index in [-0.39, 0.29) is 0 Å².